The summed E-state index contributed by atoms with van der Waals surface area (Å²) in [6, 6.07) is 2.11. The Morgan fingerprint density at radius 1 is 0.745 bits per heavy atom. The van der Waals surface area contributed by atoms with E-state index in [9.17, 15) is 21.6 Å². The molecule has 3 rings (SSSR count). The average molecular weight is 851 g/mol. The molecule has 0 fully saturated rings. The first-order valence-corrected chi connectivity index (χ1v) is 20.2. The van der Waals surface area contributed by atoms with Gasteiger partial charge >= 0.3 is 15.5 Å². The Bertz CT molecular complexity index is 1890. The van der Waals surface area contributed by atoms with E-state index in [4.69, 9.17) is 55.5 Å². The molecule has 0 saturated carbocycles. The van der Waals surface area contributed by atoms with Crippen LogP contribution in [-0.2, 0) is 34.0 Å². The molecule has 0 aliphatic rings. The second-order valence-electron chi connectivity index (χ2n) is 10.9. The fourth-order valence-electron chi connectivity index (χ4n) is 3.79. The Labute approximate surface area is 328 Å². The number of hydrogen-bond acceptors (Lipinski definition) is 14. The molecule has 3 heterocycles. The van der Waals surface area contributed by atoms with Crippen LogP contribution in [-0.4, -0.2) is 65.6 Å². The number of nitrogens with two attached hydrogens (primary N) is 7. The maximum atomic E-state index is 12.1. The van der Waals surface area contributed by atoms with Gasteiger partial charge in [0.1, 0.15) is 5.84 Å². The Morgan fingerprint density at radius 3 is 1.47 bits per heavy atom. The van der Waals surface area contributed by atoms with Crippen molar-refractivity contribution >= 4 is 89.0 Å². The SMILES string of the molecule is COC(=N)CCCCc1csc(N=C(N)N)n1.N#CCCCCc1csc(N=C(N)N)n1.NC(N)=Nc1nc(CCCCC(N)=NS(=O)(=O)C(F)(F)F)cs1. The summed E-state index contributed by atoms with van der Waals surface area (Å²) < 4.78 is 65.2. The fourth-order valence-corrected chi connectivity index (χ4v) is 6.51. The number of unbranched alkanes of at least 4 members (excludes halogenated alkanes) is 4. The molecule has 19 nitrogen and oxygen atoms in total. The van der Waals surface area contributed by atoms with Gasteiger partial charge in [0.15, 0.2) is 23.8 Å². The summed E-state index contributed by atoms with van der Waals surface area (Å²) in [7, 11) is -4.06. The summed E-state index contributed by atoms with van der Waals surface area (Å²) in [5.74, 6) is -0.313. The lowest BCUT2D eigenvalue weighted by atomic mass is 10.1. The summed E-state index contributed by atoms with van der Waals surface area (Å²) in [5.41, 5.74) is 33.8. The smallest absolute Gasteiger partial charge is 0.484 e. The van der Waals surface area contributed by atoms with Crippen molar-refractivity contribution in [2.45, 2.75) is 82.6 Å². The van der Waals surface area contributed by atoms with Crippen molar-refractivity contribution in [2.24, 2.45) is 59.5 Å². The number of alkyl halides is 3. The molecule has 0 atom stereocenters. The molecule has 0 amide bonds. The first-order chi connectivity index (χ1) is 25.8. The predicted molar refractivity (Wildman–Crippen MR) is 212 cm³/mol. The van der Waals surface area contributed by atoms with Crippen LogP contribution in [0.5, 0.6) is 0 Å². The lowest BCUT2D eigenvalue weighted by Crippen LogP contribution is -2.24. The lowest BCUT2D eigenvalue weighted by molar-refractivity contribution is -0.0435. The maximum Gasteiger partial charge on any atom is 0.518 e. The summed E-state index contributed by atoms with van der Waals surface area (Å²) >= 11 is 4.08. The fraction of sp³-hybridized carbons (Fsp3) is 0.483. The number of nitrogens with one attached hydrogen (secondary N) is 1. The molecule has 0 aliphatic heterocycles. The topological polar surface area (TPSA) is 361 Å². The number of guanidine groups is 3. The van der Waals surface area contributed by atoms with E-state index in [1.165, 1.54) is 41.1 Å². The highest BCUT2D eigenvalue weighted by molar-refractivity contribution is 7.91. The van der Waals surface area contributed by atoms with E-state index in [0.29, 0.717) is 59.1 Å². The van der Waals surface area contributed by atoms with Gasteiger partial charge in [-0.05, 0) is 57.8 Å². The molecule has 0 aromatic carbocycles. The Balaban J connectivity index is 0.000000424. The van der Waals surface area contributed by atoms with E-state index < -0.39 is 21.4 Å². The van der Waals surface area contributed by atoms with E-state index in [-0.39, 0.29) is 24.3 Å². The van der Waals surface area contributed by atoms with Gasteiger partial charge < -0.3 is 44.9 Å². The quantitative estimate of drug-likeness (QED) is 0.0515. The monoisotopic (exact) mass is 850 g/mol. The van der Waals surface area contributed by atoms with Crippen LogP contribution < -0.4 is 40.1 Å². The number of halogens is 3. The Hall–Kier alpha value is -5.13. The van der Waals surface area contributed by atoms with Gasteiger partial charge in [0.2, 0.25) is 15.4 Å². The van der Waals surface area contributed by atoms with Crippen molar-refractivity contribution in [1.82, 2.24) is 15.0 Å². The van der Waals surface area contributed by atoms with E-state index in [1.807, 2.05) is 10.8 Å². The van der Waals surface area contributed by atoms with E-state index in [2.05, 4.69) is 40.4 Å². The third-order valence-electron chi connectivity index (χ3n) is 6.24. The number of thiazole rings is 3. The minimum atomic E-state index is -5.58. The minimum absolute atomic E-state index is 0.0273. The summed E-state index contributed by atoms with van der Waals surface area (Å²) in [4.78, 5) is 24.1. The van der Waals surface area contributed by atoms with Crippen molar-refractivity contribution in [3.05, 3.63) is 33.2 Å². The number of hydrogen-bond donors (Lipinski definition) is 8. The average Bonchev–Trinajstić information content (AvgIpc) is 3.84. The number of amidine groups is 1. The predicted octanol–water partition coefficient (Wildman–Crippen LogP) is 3.64. The standard InChI is InChI=1S/C10H15F3N6O2S2.C10H17N5OS.C9H13N5S/c11-10(12,13)23(20,21)19-7(14)4-2-1-3-6-5-22-9(17-6)18-8(15)16;1-16-8(11)5-3-2-4-7-6-17-10(14-7)15-9(12)13;10-5-3-1-2-4-7-6-15-9(13-7)14-8(11)12/h5H,1-4H2,(H2,14,19)(H4,15,16,17,18);6,11H,2-5H2,1H3,(H4,12,13,14,15);6H,1-4H2,(H4,11,12,13,14). The number of aryl methyl sites for hydroxylation is 3. The number of nitrogens with zero attached hydrogens (tertiary/aromatic N) is 8. The molecule has 0 unspecified atom stereocenters. The van der Waals surface area contributed by atoms with Crippen molar-refractivity contribution in [3.63, 3.8) is 0 Å². The highest BCUT2D eigenvalue weighted by Gasteiger charge is 2.46. The van der Waals surface area contributed by atoms with Crippen LogP contribution in [0, 0.1) is 16.7 Å². The second kappa shape index (κ2) is 25.0. The van der Waals surface area contributed by atoms with E-state index in [0.717, 1.165) is 49.9 Å². The highest BCUT2D eigenvalue weighted by Crippen LogP contribution is 2.25. The van der Waals surface area contributed by atoms with Crippen LogP contribution in [0.15, 0.2) is 35.5 Å². The lowest BCUT2D eigenvalue weighted by Gasteiger charge is -2.04. The zero-order valence-electron chi connectivity index (χ0n) is 29.8. The van der Waals surface area contributed by atoms with Crippen LogP contribution in [0.2, 0.25) is 0 Å². The zero-order chi connectivity index (χ0) is 41.4. The molecular formula is C29H45F3N16O3S4. The number of aliphatic imine (C=N–C) groups is 3. The molecule has 26 heteroatoms. The summed E-state index contributed by atoms with van der Waals surface area (Å²) in [5, 5.41) is 22.9. The first kappa shape index (κ1) is 47.9. The number of sulfonamides is 1. The Morgan fingerprint density at radius 2 is 1.13 bits per heavy atom. The normalized spacial score (nSPS) is 11.1. The van der Waals surface area contributed by atoms with Gasteiger partial charge in [0, 0.05) is 35.4 Å². The van der Waals surface area contributed by atoms with Gasteiger partial charge in [-0.1, -0.05) is 0 Å². The number of nitriles is 1. The minimum Gasteiger partial charge on any atom is -0.484 e. The number of ether oxygens (including phenoxy) is 1. The molecule has 304 valence electrons. The maximum absolute atomic E-state index is 12.1. The van der Waals surface area contributed by atoms with Crippen molar-refractivity contribution in [1.29, 1.82) is 10.7 Å². The largest absolute Gasteiger partial charge is 0.518 e. The molecule has 0 radical (unpaired) electrons. The molecule has 0 bridgehead atoms. The molecule has 3 aromatic rings. The van der Waals surface area contributed by atoms with Gasteiger partial charge in [-0.3, -0.25) is 5.41 Å². The van der Waals surface area contributed by atoms with E-state index >= 15 is 0 Å². The molecule has 15 N–H and O–H groups in total. The van der Waals surface area contributed by atoms with Gasteiger partial charge in [-0.25, -0.2) is 15.0 Å². The molecule has 55 heavy (non-hydrogen) atoms. The molecular weight excluding hydrogens is 806 g/mol. The molecule has 0 saturated heterocycles. The number of rotatable bonds is 18. The van der Waals surface area contributed by atoms with Crippen LogP contribution >= 0.6 is 34.0 Å². The van der Waals surface area contributed by atoms with Crippen molar-refractivity contribution in [2.75, 3.05) is 7.11 Å². The van der Waals surface area contributed by atoms with Crippen molar-refractivity contribution < 1.29 is 26.3 Å². The summed E-state index contributed by atoms with van der Waals surface area (Å²) in [6.45, 7) is 0. The number of aromatic nitrogens is 3. The van der Waals surface area contributed by atoms with Crippen LogP contribution in [0.4, 0.5) is 28.6 Å². The van der Waals surface area contributed by atoms with Crippen LogP contribution in [0.3, 0.4) is 0 Å². The van der Waals surface area contributed by atoms with Gasteiger partial charge in [-0.2, -0.15) is 41.8 Å². The van der Waals surface area contributed by atoms with Gasteiger partial charge in [0.05, 0.1) is 30.3 Å². The third kappa shape index (κ3) is 22.0. The highest BCUT2D eigenvalue weighted by atomic mass is 32.2. The van der Waals surface area contributed by atoms with Gasteiger partial charge in [0.25, 0.3) is 0 Å². The Kier molecular flexibility index (Phi) is 21.8. The van der Waals surface area contributed by atoms with Crippen molar-refractivity contribution in [3.8, 4) is 6.07 Å². The molecule has 3 aromatic heterocycles. The molecule has 0 spiro atoms. The van der Waals surface area contributed by atoms with Crippen LogP contribution in [0.25, 0.3) is 0 Å². The van der Waals surface area contributed by atoms with Gasteiger partial charge in [-0.15, -0.1) is 38.4 Å². The molecule has 0 aliphatic carbocycles. The zero-order valence-corrected chi connectivity index (χ0v) is 33.1. The first-order valence-electron chi connectivity index (χ1n) is 16.1. The third-order valence-corrected chi connectivity index (χ3v) is 9.65. The number of methoxy groups -OCH3 is 1. The van der Waals surface area contributed by atoms with E-state index in [1.54, 1.807) is 5.38 Å². The van der Waals surface area contributed by atoms with Crippen LogP contribution in [0.1, 0.15) is 74.9 Å². The second-order valence-corrected chi connectivity index (χ2v) is 15.0. The summed E-state index contributed by atoms with van der Waals surface area (Å²) in [6.07, 6.45) is 8.13.